The number of hydrogen-bond acceptors (Lipinski definition) is 6. The topological polar surface area (TPSA) is 56.7 Å². The van der Waals surface area contributed by atoms with E-state index in [0.29, 0.717) is 19.5 Å². The van der Waals surface area contributed by atoms with Gasteiger partial charge in [-0.3, -0.25) is 9.69 Å². The SMILES string of the molecule is CN(Cc1csc(-c2cccs2)n1)C[C@]1(O)CCCN(C)C1=O. The van der Waals surface area contributed by atoms with Gasteiger partial charge in [0, 0.05) is 32.1 Å². The summed E-state index contributed by atoms with van der Waals surface area (Å²) in [5.41, 5.74) is -0.296. The van der Waals surface area contributed by atoms with Crippen molar-refractivity contribution in [3.05, 3.63) is 28.6 Å². The molecule has 2 aromatic heterocycles. The Balaban J connectivity index is 1.63. The fourth-order valence-electron chi connectivity index (χ4n) is 2.99. The summed E-state index contributed by atoms with van der Waals surface area (Å²) in [7, 11) is 3.67. The van der Waals surface area contributed by atoms with Gasteiger partial charge in [0.05, 0.1) is 10.6 Å². The van der Waals surface area contributed by atoms with E-state index in [9.17, 15) is 9.90 Å². The number of carbonyl (C=O) groups is 1. The quantitative estimate of drug-likeness (QED) is 0.898. The second-order valence-electron chi connectivity index (χ2n) is 6.16. The molecule has 1 fully saturated rings. The molecule has 0 saturated carbocycles. The van der Waals surface area contributed by atoms with E-state index in [4.69, 9.17) is 0 Å². The van der Waals surface area contributed by atoms with Crippen LogP contribution in [0.1, 0.15) is 18.5 Å². The molecule has 3 heterocycles. The van der Waals surface area contributed by atoms with E-state index >= 15 is 0 Å². The first kappa shape index (κ1) is 16.6. The Hall–Kier alpha value is -1.28. The molecule has 1 amide bonds. The van der Waals surface area contributed by atoms with E-state index in [1.165, 1.54) is 4.88 Å². The lowest BCUT2D eigenvalue weighted by atomic mass is 9.91. The normalized spacial score (nSPS) is 22.1. The minimum atomic E-state index is -1.27. The number of nitrogens with zero attached hydrogens (tertiary/aromatic N) is 3. The lowest BCUT2D eigenvalue weighted by Gasteiger charge is -2.38. The van der Waals surface area contributed by atoms with Gasteiger partial charge in [0.25, 0.3) is 5.91 Å². The smallest absolute Gasteiger partial charge is 0.255 e. The molecule has 0 spiro atoms. The highest BCUT2D eigenvalue weighted by molar-refractivity contribution is 7.20. The van der Waals surface area contributed by atoms with Crippen LogP contribution in [0.2, 0.25) is 0 Å². The molecule has 23 heavy (non-hydrogen) atoms. The van der Waals surface area contributed by atoms with Gasteiger partial charge in [0.1, 0.15) is 5.01 Å². The van der Waals surface area contributed by atoms with Crippen molar-refractivity contribution in [2.75, 3.05) is 27.2 Å². The van der Waals surface area contributed by atoms with Crippen LogP contribution >= 0.6 is 22.7 Å². The zero-order valence-electron chi connectivity index (χ0n) is 13.4. The van der Waals surface area contributed by atoms with Gasteiger partial charge in [-0.2, -0.15) is 0 Å². The molecule has 5 nitrogen and oxygen atoms in total. The van der Waals surface area contributed by atoms with E-state index in [0.717, 1.165) is 23.7 Å². The molecule has 0 aliphatic carbocycles. The Morgan fingerprint density at radius 2 is 2.30 bits per heavy atom. The Labute approximate surface area is 144 Å². The molecule has 0 bridgehead atoms. The first-order valence-corrected chi connectivity index (χ1v) is 9.39. The molecular formula is C16H21N3O2S2. The van der Waals surface area contributed by atoms with Crippen LogP contribution in [0.25, 0.3) is 9.88 Å². The summed E-state index contributed by atoms with van der Waals surface area (Å²) in [4.78, 5) is 21.7. The van der Waals surface area contributed by atoms with Gasteiger partial charge in [0.2, 0.25) is 0 Å². The van der Waals surface area contributed by atoms with E-state index in [2.05, 4.69) is 11.1 Å². The summed E-state index contributed by atoms with van der Waals surface area (Å²) in [6.45, 7) is 1.68. The van der Waals surface area contributed by atoms with Crippen LogP contribution in [0.4, 0.5) is 0 Å². The predicted octanol–water partition coefficient (Wildman–Crippen LogP) is 2.29. The minimum Gasteiger partial charge on any atom is -0.379 e. The molecule has 0 radical (unpaired) electrons. The molecular weight excluding hydrogens is 330 g/mol. The summed E-state index contributed by atoms with van der Waals surface area (Å²) in [6, 6.07) is 4.09. The molecule has 1 N–H and O–H groups in total. The Bertz CT molecular complexity index is 671. The van der Waals surface area contributed by atoms with Gasteiger partial charge in [-0.25, -0.2) is 4.98 Å². The van der Waals surface area contributed by atoms with Gasteiger partial charge in [-0.15, -0.1) is 22.7 Å². The maximum Gasteiger partial charge on any atom is 0.255 e. The number of likely N-dealkylation sites (N-methyl/N-ethyl adjacent to an activating group) is 2. The predicted molar refractivity (Wildman–Crippen MR) is 93.6 cm³/mol. The third kappa shape index (κ3) is 3.63. The highest BCUT2D eigenvalue weighted by atomic mass is 32.1. The second-order valence-corrected chi connectivity index (χ2v) is 7.96. The highest BCUT2D eigenvalue weighted by Gasteiger charge is 2.41. The fraction of sp³-hybridized carbons (Fsp3) is 0.500. The summed E-state index contributed by atoms with van der Waals surface area (Å²) >= 11 is 3.31. The molecule has 1 atom stereocenters. The molecule has 2 aromatic rings. The Morgan fingerprint density at radius 3 is 3.04 bits per heavy atom. The summed E-state index contributed by atoms with van der Waals surface area (Å²) in [5, 5.41) is 15.8. The van der Waals surface area contributed by atoms with Gasteiger partial charge >= 0.3 is 0 Å². The highest BCUT2D eigenvalue weighted by Crippen LogP contribution is 2.28. The first-order valence-electron chi connectivity index (χ1n) is 7.63. The van der Waals surface area contributed by atoms with E-state index < -0.39 is 5.60 Å². The van der Waals surface area contributed by atoms with Crippen molar-refractivity contribution in [1.82, 2.24) is 14.8 Å². The number of thiazole rings is 1. The lowest BCUT2D eigenvalue weighted by molar-refractivity contribution is -0.157. The van der Waals surface area contributed by atoms with Crippen LogP contribution in [0.3, 0.4) is 0 Å². The van der Waals surface area contributed by atoms with Gasteiger partial charge in [-0.05, 0) is 31.3 Å². The summed E-state index contributed by atoms with van der Waals surface area (Å²) in [6.07, 6.45) is 1.36. The van der Waals surface area contributed by atoms with Crippen molar-refractivity contribution >= 4 is 28.6 Å². The van der Waals surface area contributed by atoms with Crippen LogP contribution in [-0.4, -0.2) is 58.6 Å². The number of hydrogen-bond donors (Lipinski definition) is 1. The number of aromatic nitrogens is 1. The number of likely N-dealkylation sites (tertiary alicyclic amines) is 1. The van der Waals surface area contributed by atoms with Crippen molar-refractivity contribution in [3.63, 3.8) is 0 Å². The van der Waals surface area contributed by atoms with Gasteiger partial charge in [-0.1, -0.05) is 6.07 Å². The van der Waals surface area contributed by atoms with Crippen molar-refractivity contribution in [1.29, 1.82) is 0 Å². The largest absolute Gasteiger partial charge is 0.379 e. The number of piperidine rings is 1. The van der Waals surface area contributed by atoms with Crippen molar-refractivity contribution in [2.24, 2.45) is 0 Å². The summed E-state index contributed by atoms with van der Waals surface area (Å²) in [5.74, 6) is -0.173. The molecule has 0 unspecified atom stereocenters. The van der Waals surface area contributed by atoms with E-state index in [-0.39, 0.29) is 5.91 Å². The fourth-order valence-corrected chi connectivity index (χ4v) is 4.62. The van der Waals surface area contributed by atoms with Gasteiger partial charge < -0.3 is 10.0 Å². The minimum absolute atomic E-state index is 0.173. The van der Waals surface area contributed by atoms with Crippen molar-refractivity contribution < 1.29 is 9.90 Å². The van der Waals surface area contributed by atoms with Crippen molar-refractivity contribution in [3.8, 4) is 9.88 Å². The van der Waals surface area contributed by atoms with E-state index in [1.54, 1.807) is 34.6 Å². The number of aliphatic hydroxyl groups is 1. The standard InChI is InChI=1S/C16H21N3O2S2/c1-18(11-16(21)6-4-7-19(2)15(16)20)9-12-10-23-14(17-12)13-5-3-8-22-13/h3,5,8,10,21H,4,6-7,9,11H2,1-2H3/t16-/m1/s1. The van der Waals surface area contributed by atoms with Crippen LogP contribution in [0.5, 0.6) is 0 Å². The third-order valence-electron chi connectivity index (χ3n) is 4.08. The molecule has 7 heteroatoms. The number of thiophene rings is 1. The monoisotopic (exact) mass is 351 g/mol. The zero-order chi connectivity index (χ0) is 16.4. The van der Waals surface area contributed by atoms with Gasteiger partial charge in [0.15, 0.2) is 5.60 Å². The maximum atomic E-state index is 12.2. The molecule has 1 aliphatic heterocycles. The average molecular weight is 351 g/mol. The van der Waals surface area contributed by atoms with Crippen LogP contribution < -0.4 is 0 Å². The maximum absolute atomic E-state index is 12.2. The lowest BCUT2D eigenvalue weighted by Crippen LogP contribution is -2.56. The molecule has 124 valence electrons. The molecule has 1 saturated heterocycles. The molecule has 1 aliphatic rings. The number of rotatable bonds is 5. The molecule has 0 aromatic carbocycles. The van der Waals surface area contributed by atoms with Crippen LogP contribution in [0.15, 0.2) is 22.9 Å². The summed E-state index contributed by atoms with van der Waals surface area (Å²) < 4.78 is 0. The second kappa shape index (κ2) is 6.68. The first-order chi connectivity index (χ1) is 11.0. The van der Waals surface area contributed by atoms with Crippen LogP contribution in [0, 0.1) is 0 Å². The van der Waals surface area contributed by atoms with E-state index in [1.807, 2.05) is 28.8 Å². The molecule has 3 rings (SSSR count). The Morgan fingerprint density at radius 1 is 1.48 bits per heavy atom. The number of amides is 1. The third-order valence-corrected chi connectivity index (χ3v) is 6.01. The average Bonchev–Trinajstić information content (AvgIpc) is 3.15. The van der Waals surface area contributed by atoms with Crippen molar-refractivity contribution in [2.45, 2.75) is 25.0 Å². The zero-order valence-corrected chi connectivity index (χ0v) is 15.0. The Kier molecular flexibility index (Phi) is 4.82. The number of carbonyl (C=O) groups excluding carboxylic acids is 1. The van der Waals surface area contributed by atoms with Crippen LogP contribution in [-0.2, 0) is 11.3 Å².